The van der Waals surface area contributed by atoms with E-state index < -0.39 is 11.9 Å². The van der Waals surface area contributed by atoms with Gasteiger partial charge in [-0.2, -0.15) is 0 Å². The zero-order chi connectivity index (χ0) is 23.5. The number of hydrogen-bond acceptors (Lipinski definition) is 5. The van der Waals surface area contributed by atoms with Gasteiger partial charge in [0.05, 0.1) is 17.0 Å². The average Bonchev–Trinajstić information content (AvgIpc) is 3.05. The number of carbonyl (C=O) groups is 3. The van der Waals surface area contributed by atoms with Gasteiger partial charge in [-0.1, -0.05) is 57.3 Å². The van der Waals surface area contributed by atoms with Crippen molar-refractivity contribution in [3.63, 3.8) is 0 Å². The van der Waals surface area contributed by atoms with Crippen LogP contribution < -0.4 is 4.74 Å². The number of ether oxygens (including phenoxy) is 1. The Hall–Kier alpha value is -2.58. The van der Waals surface area contributed by atoms with Gasteiger partial charge in [0.2, 0.25) is 0 Å². The lowest BCUT2D eigenvalue weighted by atomic mass is 10.1. The summed E-state index contributed by atoms with van der Waals surface area (Å²) in [6.07, 6.45) is 1.50. The highest BCUT2D eigenvalue weighted by atomic mass is 79.9. The van der Waals surface area contributed by atoms with Crippen molar-refractivity contribution in [1.29, 1.82) is 0 Å². The normalized spacial score (nSPS) is 14.8. The largest absolute Gasteiger partial charge is 0.422 e. The topological polar surface area (TPSA) is 63.7 Å². The van der Waals surface area contributed by atoms with E-state index in [2.05, 4.69) is 15.9 Å². The number of thioether (sulfide) groups is 1. The van der Waals surface area contributed by atoms with E-state index in [-0.39, 0.29) is 22.4 Å². The standard InChI is InChI=1S/C24H14BrCl2NO4S/c25-19-4-2-1-3-15(19)13-28-22(29)21(33-24(28)31)12-16-11-18(27)9-10-20(16)32-23(30)14-5-7-17(26)8-6-14/h1-12H,13H2/b21-12-. The van der Waals surface area contributed by atoms with E-state index in [9.17, 15) is 14.4 Å². The van der Waals surface area contributed by atoms with Gasteiger partial charge in [0.1, 0.15) is 5.75 Å². The van der Waals surface area contributed by atoms with Crippen LogP contribution in [0.15, 0.2) is 76.1 Å². The third kappa shape index (κ3) is 5.50. The van der Waals surface area contributed by atoms with Crippen LogP contribution in [0.3, 0.4) is 0 Å². The Kier molecular flexibility index (Phi) is 7.24. The van der Waals surface area contributed by atoms with Crippen LogP contribution in [0.1, 0.15) is 21.5 Å². The predicted molar refractivity (Wildman–Crippen MR) is 134 cm³/mol. The van der Waals surface area contributed by atoms with Crippen LogP contribution in [0.4, 0.5) is 4.79 Å². The minimum atomic E-state index is -0.592. The number of hydrogen-bond donors (Lipinski definition) is 0. The molecule has 0 saturated carbocycles. The zero-order valence-electron chi connectivity index (χ0n) is 16.8. The van der Waals surface area contributed by atoms with E-state index in [1.54, 1.807) is 36.4 Å². The van der Waals surface area contributed by atoms with Gasteiger partial charge in [0.25, 0.3) is 11.1 Å². The number of benzene rings is 3. The van der Waals surface area contributed by atoms with Crippen molar-refractivity contribution in [3.8, 4) is 5.75 Å². The molecule has 33 heavy (non-hydrogen) atoms. The number of imide groups is 1. The summed E-state index contributed by atoms with van der Waals surface area (Å²) in [5, 5.41) is 0.501. The van der Waals surface area contributed by atoms with Gasteiger partial charge in [-0.05, 0) is 71.9 Å². The van der Waals surface area contributed by atoms with Gasteiger partial charge < -0.3 is 4.74 Å². The van der Waals surface area contributed by atoms with Crippen molar-refractivity contribution in [1.82, 2.24) is 4.90 Å². The molecule has 4 rings (SSSR count). The van der Waals surface area contributed by atoms with Gasteiger partial charge >= 0.3 is 5.97 Å². The molecule has 1 saturated heterocycles. The molecule has 0 atom stereocenters. The van der Waals surface area contributed by atoms with Crippen LogP contribution in [0.2, 0.25) is 10.0 Å². The SMILES string of the molecule is O=C(Oc1ccc(Cl)cc1/C=C1\SC(=O)N(Cc2ccccc2Br)C1=O)c1ccc(Cl)cc1. The Morgan fingerprint density at radius 2 is 1.70 bits per heavy atom. The third-order valence-corrected chi connectivity index (χ3v) is 6.87. The molecule has 9 heteroatoms. The minimum absolute atomic E-state index is 0.136. The second-order valence-corrected chi connectivity index (χ2v) is 9.66. The first-order valence-electron chi connectivity index (χ1n) is 9.58. The van der Waals surface area contributed by atoms with Gasteiger partial charge in [0, 0.05) is 20.1 Å². The highest BCUT2D eigenvalue weighted by Crippen LogP contribution is 2.36. The van der Waals surface area contributed by atoms with E-state index in [0.717, 1.165) is 21.8 Å². The van der Waals surface area contributed by atoms with Crippen molar-refractivity contribution in [2.45, 2.75) is 6.54 Å². The molecule has 5 nitrogen and oxygen atoms in total. The molecule has 2 amide bonds. The van der Waals surface area contributed by atoms with Crippen LogP contribution in [0.25, 0.3) is 6.08 Å². The maximum atomic E-state index is 13.0. The van der Waals surface area contributed by atoms with E-state index in [1.807, 2.05) is 24.3 Å². The fraction of sp³-hybridized carbons (Fsp3) is 0.0417. The number of rotatable bonds is 5. The van der Waals surface area contributed by atoms with Gasteiger partial charge in [-0.3, -0.25) is 14.5 Å². The lowest BCUT2D eigenvalue weighted by molar-refractivity contribution is -0.123. The van der Waals surface area contributed by atoms with Gasteiger partial charge in [-0.25, -0.2) is 4.79 Å². The molecule has 3 aromatic carbocycles. The van der Waals surface area contributed by atoms with E-state index in [4.69, 9.17) is 27.9 Å². The Balaban J connectivity index is 1.59. The summed E-state index contributed by atoms with van der Waals surface area (Å²) >= 11 is 16.3. The number of halogens is 3. The molecule has 1 heterocycles. The summed E-state index contributed by atoms with van der Waals surface area (Å²) in [6, 6.07) is 18.3. The molecule has 0 spiro atoms. The first-order valence-corrected chi connectivity index (χ1v) is 11.9. The number of esters is 1. The maximum absolute atomic E-state index is 13.0. The molecule has 1 fully saturated rings. The lowest BCUT2D eigenvalue weighted by Gasteiger charge is -2.13. The van der Waals surface area contributed by atoms with Crippen molar-refractivity contribution in [2.24, 2.45) is 0 Å². The predicted octanol–water partition coefficient (Wildman–Crippen LogP) is 7.21. The summed E-state index contributed by atoms with van der Waals surface area (Å²) in [7, 11) is 0. The van der Waals surface area contributed by atoms with Crippen molar-refractivity contribution >= 4 is 74.1 Å². The van der Waals surface area contributed by atoms with Crippen LogP contribution in [0.5, 0.6) is 5.75 Å². The molecular formula is C24H14BrCl2NO4S. The van der Waals surface area contributed by atoms with E-state index in [1.165, 1.54) is 17.0 Å². The van der Waals surface area contributed by atoms with Gasteiger partial charge in [0.15, 0.2) is 0 Å². The summed E-state index contributed by atoms with van der Waals surface area (Å²) in [5.41, 5.74) is 1.52. The molecule has 0 aliphatic carbocycles. The third-order valence-electron chi connectivity index (χ3n) is 4.70. The molecule has 0 N–H and O–H groups in total. The number of amides is 2. The smallest absolute Gasteiger partial charge is 0.343 e. The molecule has 1 aliphatic rings. The monoisotopic (exact) mass is 561 g/mol. The number of nitrogens with zero attached hydrogens (tertiary/aromatic N) is 1. The Bertz CT molecular complexity index is 1290. The van der Waals surface area contributed by atoms with Crippen molar-refractivity contribution in [3.05, 3.63) is 103 Å². The number of carbonyl (C=O) groups excluding carboxylic acids is 3. The molecular weight excluding hydrogens is 549 g/mol. The quantitative estimate of drug-likeness (QED) is 0.187. The Morgan fingerprint density at radius 3 is 2.42 bits per heavy atom. The summed E-state index contributed by atoms with van der Waals surface area (Å²) in [6.45, 7) is 0.136. The van der Waals surface area contributed by atoms with Crippen LogP contribution >= 0.6 is 50.9 Å². The van der Waals surface area contributed by atoms with E-state index >= 15 is 0 Å². The highest BCUT2D eigenvalue weighted by Gasteiger charge is 2.35. The fourth-order valence-electron chi connectivity index (χ4n) is 3.04. The van der Waals surface area contributed by atoms with Crippen molar-refractivity contribution < 1.29 is 19.1 Å². The highest BCUT2D eigenvalue weighted by molar-refractivity contribution is 9.10. The van der Waals surface area contributed by atoms with Crippen molar-refractivity contribution in [2.75, 3.05) is 0 Å². The zero-order valence-corrected chi connectivity index (χ0v) is 20.7. The summed E-state index contributed by atoms with van der Waals surface area (Å²) in [4.78, 5) is 39.4. The molecule has 0 bridgehead atoms. The summed E-state index contributed by atoms with van der Waals surface area (Å²) in [5.74, 6) is -0.821. The molecule has 0 radical (unpaired) electrons. The van der Waals surface area contributed by atoms with Crippen LogP contribution in [-0.4, -0.2) is 22.0 Å². The Labute approximate surface area is 212 Å². The first-order chi connectivity index (χ1) is 15.8. The molecule has 1 aliphatic heterocycles. The average molecular weight is 563 g/mol. The van der Waals surface area contributed by atoms with Crippen LogP contribution in [-0.2, 0) is 11.3 Å². The molecule has 0 unspecified atom stereocenters. The molecule has 166 valence electrons. The maximum Gasteiger partial charge on any atom is 0.343 e. The molecule has 0 aromatic heterocycles. The fourth-order valence-corrected chi connectivity index (χ4v) is 4.59. The van der Waals surface area contributed by atoms with Gasteiger partial charge in [-0.15, -0.1) is 0 Å². The summed E-state index contributed by atoms with van der Waals surface area (Å²) < 4.78 is 6.33. The second kappa shape index (κ2) is 10.1. The van der Waals surface area contributed by atoms with Crippen LogP contribution in [0, 0.1) is 0 Å². The second-order valence-electron chi connectivity index (χ2n) is 6.94. The Morgan fingerprint density at radius 1 is 1.00 bits per heavy atom. The lowest BCUT2D eigenvalue weighted by Crippen LogP contribution is -2.27. The van der Waals surface area contributed by atoms with E-state index in [0.29, 0.717) is 21.2 Å². The minimum Gasteiger partial charge on any atom is -0.422 e. The molecule has 3 aromatic rings. The first kappa shape index (κ1) is 23.6.